The van der Waals surface area contributed by atoms with E-state index in [0.29, 0.717) is 6.54 Å². The Balaban J connectivity index is 1.66. The number of thiazole rings is 1. The van der Waals surface area contributed by atoms with Gasteiger partial charge in [-0.2, -0.15) is 5.10 Å². The van der Waals surface area contributed by atoms with Crippen LogP contribution in [0.5, 0.6) is 0 Å². The summed E-state index contributed by atoms with van der Waals surface area (Å²) < 4.78 is 1.68. The molecular formula is C13H16N6O2S2. The lowest BCUT2D eigenvalue weighted by atomic mass is 10.2. The molecule has 0 spiro atoms. The van der Waals surface area contributed by atoms with Crippen LogP contribution in [0, 0.1) is 0 Å². The summed E-state index contributed by atoms with van der Waals surface area (Å²) in [6, 6.07) is -0.514. The Hall–Kier alpha value is -2.04. The molecule has 0 aromatic carbocycles. The molecule has 0 fully saturated rings. The normalized spacial score (nSPS) is 12.4. The van der Waals surface area contributed by atoms with Gasteiger partial charge in [0.15, 0.2) is 0 Å². The number of nitrogens with zero attached hydrogens (tertiary/aromatic N) is 5. The third kappa shape index (κ3) is 3.66. The molecule has 3 aromatic rings. The number of carbonyl (C=O) groups excluding carboxylic acids is 1. The van der Waals surface area contributed by atoms with Crippen LogP contribution < -0.4 is 5.32 Å². The van der Waals surface area contributed by atoms with E-state index in [1.54, 1.807) is 22.4 Å². The fourth-order valence-corrected chi connectivity index (χ4v) is 3.32. The second kappa shape index (κ2) is 7.02. The molecule has 0 radical (unpaired) electrons. The van der Waals surface area contributed by atoms with Crippen molar-refractivity contribution in [2.75, 3.05) is 13.2 Å². The van der Waals surface area contributed by atoms with Crippen LogP contribution in [0.3, 0.4) is 0 Å². The minimum atomic E-state index is -0.258. The Bertz CT molecular complexity index is 740. The van der Waals surface area contributed by atoms with Gasteiger partial charge in [0, 0.05) is 18.1 Å². The lowest BCUT2D eigenvalue weighted by Gasteiger charge is -2.23. The zero-order valence-electron chi connectivity index (χ0n) is 12.4. The van der Waals surface area contributed by atoms with E-state index >= 15 is 0 Å². The van der Waals surface area contributed by atoms with Gasteiger partial charge in [-0.3, -0.25) is 0 Å². The Morgan fingerprint density at radius 2 is 2.39 bits per heavy atom. The third-order valence-corrected chi connectivity index (χ3v) is 4.71. The molecule has 122 valence electrons. The molecule has 3 aromatic heterocycles. The van der Waals surface area contributed by atoms with Gasteiger partial charge in [0.1, 0.15) is 10.5 Å². The van der Waals surface area contributed by atoms with Crippen molar-refractivity contribution >= 4 is 33.7 Å². The molecule has 0 aliphatic heterocycles. The van der Waals surface area contributed by atoms with Crippen molar-refractivity contribution in [3.63, 3.8) is 0 Å². The highest BCUT2D eigenvalue weighted by atomic mass is 32.1. The molecule has 23 heavy (non-hydrogen) atoms. The maximum absolute atomic E-state index is 12.4. The minimum absolute atomic E-state index is 0.0999. The SMILES string of the molecule is C[C@@H](NC(=O)N(CCO)Cc1nccs1)c1cn2ncsc2n1. The van der Waals surface area contributed by atoms with Crippen LogP contribution >= 0.6 is 22.7 Å². The summed E-state index contributed by atoms with van der Waals surface area (Å²) >= 11 is 2.92. The predicted octanol–water partition coefficient (Wildman–Crippen LogP) is 1.51. The van der Waals surface area contributed by atoms with E-state index in [-0.39, 0.29) is 25.2 Å². The molecule has 2 N–H and O–H groups in total. The average molecular weight is 352 g/mol. The number of imidazole rings is 1. The average Bonchev–Trinajstić information content (AvgIpc) is 3.23. The first kappa shape index (κ1) is 15.8. The molecule has 0 aliphatic carbocycles. The number of aliphatic hydroxyl groups is 1. The smallest absolute Gasteiger partial charge is 0.318 e. The number of nitrogens with one attached hydrogen (secondary N) is 1. The van der Waals surface area contributed by atoms with E-state index in [4.69, 9.17) is 0 Å². The number of carbonyl (C=O) groups is 1. The summed E-state index contributed by atoms with van der Waals surface area (Å²) in [5.74, 6) is 0. The molecule has 0 bridgehead atoms. The zero-order valence-corrected chi connectivity index (χ0v) is 14.0. The quantitative estimate of drug-likeness (QED) is 0.701. The molecule has 8 nitrogen and oxygen atoms in total. The molecular weight excluding hydrogens is 336 g/mol. The molecule has 3 rings (SSSR count). The predicted molar refractivity (Wildman–Crippen MR) is 87.4 cm³/mol. The summed E-state index contributed by atoms with van der Waals surface area (Å²) in [5.41, 5.74) is 2.46. The first-order chi connectivity index (χ1) is 11.2. The molecule has 10 heteroatoms. The number of amides is 2. The van der Waals surface area contributed by atoms with Crippen molar-refractivity contribution < 1.29 is 9.90 Å². The third-order valence-electron chi connectivity index (χ3n) is 3.26. The van der Waals surface area contributed by atoms with Gasteiger partial charge in [-0.05, 0) is 6.92 Å². The van der Waals surface area contributed by atoms with Crippen LogP contribution in [0.2, 0.25) is 0 Å². The van der Waals surface area contributed by atoms with E-state index in [9.17, 15) is 9.90 Å². The number of hydrogen-bond acceptors (Lipinski definition) is 7. The van der Waals surface area contributed by atoms with Crippen LogP contribution in [0.25, 0.3) is 4.96 Å². The summed E-state index contributed by atoms with van der Waals surface area (Å²) in [7, 11) is 0. The summed E-state index contributed by atoms with van der Waals surface area (Å²) in [6.45, 7) is 2.39. The number of hydrogen-bond donors (Lipinski definition) is 2. The molecule has 0 unspecified atom stereocenters. The molecule has 3 heterocycles. The van der Waals surface area contributed by atoms with Crippen molar-refractivity contribution in [3.05, 3.63) is 34.0 Å². The maximum Gasteiger partial charge on any atom is 0.318 e. The van der Waals surface area contributed by atoms with Crippen molar-refractivity contribution in [2.45, 2.75) is 19.5 Å². The second-order valence-corrected chi connectivity index (χ2v) is 6.66. The minimum Gasteiger partial charge on any atom is -0.395 e. The number of aliphatic hydroxyl groups excluding tert-OH is 1. The van der Waals surface area contributed by atoms with Crippen molar-refractivity contribution in [1.82, 2.24) is 29.8 Å². The van der Waals surface area contributed by atoms with Crippen molar-refractivity contribution in [1.29, 1.82) is 0 Å². The van der Waals surface area contributed by atoms with Gasteiger partial charge in [0.25, 0.3) is 0 Å². The van der Waals surface area contributed by atoms with Crippen LogP contribution in [-0.4, -0.2) is 48.8 Å². The fraction of sp³-hybridized carbons (Fsp3) is 0.385. The first-order valence-corrected chi connectivity index (χ1v) is 8.76. The van der Waals surface area contributed by atoms with E-state index in [2.05, 4.69) is 20.4 Å². The van der Waals surface area contributed by atoms with Crippen LogP contribution in [0.1, 0.15) is 23.7 Å². The lowest BCUT2D eigenvalue weighted by Crippen LogP contribution is -2.42. The van der Waals surface area contributed by atoms with Crippen molar-refractivity contribution in [3.8, 4) is 0 Å². The first-order valence-electron chi connectivity index (χ1n) is 7.01. The molecule has 1 atom stereocenters. The number of rotatable bonds is 6. The zero-order chi connectivity index (χ0) is 16.2. The highest BCUT2D eigenvalue weighted by molar-refractivity contribution is 7.14. The highest BCUT2D eigenvalue weighted by Crippen LogP contribution is 2.16. The number of urea groups is 1. The number of fused-ring (bicyclic) bond motifs is 1. The summed E-state index contributed by atoms with van der Waals surface area (Å²) in [4.78, 5) is 23.4. The van der Waals surface area contributed by atoms with Gasteiger partial charge in [-0.1, -0.05) is 11.3 Å². The molecule has 0 saturated carbocycles. The van der Waals surface area contributed by atoms with Gasteiger partial charge in [-0.25, -0.2) is 19.3 Å². The summed E-state index contributed by atoms with van der Waals surface area (Å²) in [5, 5.41) is 18.9. The molecule has 2 amide bonds. The van der Waals surface area contributed by atoms with Gasteiger partial charge in [-0.15, -0.1) is 11.3 Å². The Morgan fingerprint density at radius 1 is 1.52 bits per heavy atom. The van der Waals surface area contributed by atoms with Crippen LogP contribution in [0.4, 0.5) is 4.79 Å². The highest BCUT2D eigenvalue weighted by Gasteiger charge is 2.19. The van der Waals surface area contributed by atoms with Gasteiger partial charge >= 0.3 is 6.03 Å². The fourth-order valence-electron chi connectivity index (χ4n) is 2.08. The van der Waals surface area contributed by atoms with Crippen molar-refractivity contribution in [2.24, 2.45) is 0 Å². The Morgan fingerprint density at radius 3 is 3.09 bits per heavy atom. The van der Waals surface area contributed by atoms with Crippen LogP contribution in [-0.2, 0) is 6.54 Å². The number of aromatic nitrogens is 4. The van der Waals surface area contributed by atoms with E-state index in [0.717, 1.165) is 15.7 Å². The second-order valence-electron chi connectivity index (χ2n) is 4.87. The van der Waals surface area contributed by atoms with E-state index < -0.39 is 0 Å². The molecule has 0 saturated heterocycles. The Labute approximate surface area is 140 Å². The van der Waals surface area contributed by atoms with Gasteiger partial charge in [0.2, 0.25) is 4.96 Å². The largest absolute Gasteiger partial charge is 0.395 e. The van der Waals surface area contributed by atoms with E-state index in [1.807, 2.05) is 12.3 Å². The van der Waals surface area contributed by atoms with Gasteiger partial charge < -0.3 is 15.3 Å². The maximum atomic E-state index is 12.4. The van der Waals surface area contributed by atoms with Crippen LogP contribution in [0.15, 0.2) is 23.3 Å². The summed E-state index contributed by atoms with van der Waals surface area (Å²) in [6.07, 6.45) is 3.50. The Kier molecular flexibility index (Phi) is 4.84. The van der Waals surface area contributed by atoms with E-state index in [1.165, 1.54) is 27.6 Å². The topological polar surface area (TPSA) is 95.7 Å². The monoisotopic (exact) mass is 352 g/mol. The standard InChI is InChI=1S/C13H16N6O2S2/c1-9(10-6-19-13(17-10)23-8-15-19)16-12(21)18(3-4-20)7-11-14-2-5-22-11/h2,5-6,8-9,20H,3-4,7H2,1H3,(H,16,21)/t9-/m1/s1. The lowest BCUT2D eigenvalue weighted by molar-refractivity contribution is 0.171. The molecule has 0 aliphatic rings. The van der Waals surface area contributed by atoms with Gasteiger partial charge in [0.05, 0.1) is 31.1 Å².